The van der Waals surface area contributed by atoms with Gasteiger partial charge in [-0.2, -0.15) is 4.31 Å². The highest BCUT2D eigenvalue weighted by atomic mass is 32.3. The van der Waals surface area contributed by atoms with Crippen LogP contribution in [-0.2, 0) is 11.3 Å². The molecule has 0 saturated heterocycles. The van der Waals surface area contributed by atoms with E-state index in [0.717, 1.165) is 23.3 Å². The minimum atomic E-state index is -3.36. The Morgan fingerprint density at radius 2 is 1.77 bits per heavy atom. The molecule has 35 heavy (non-hydrogen) atoms. The number of halogens is 2. The number of fused-ring (bicyclic) bond motifs is 1. The molecule has 3 aromatic rings. The first kappa shape index (κ1) is 25.1. The van der Waals surface area contributed by atoms with Gasteiger partial charge in [-0.3, -0.25) is 13.9 Å². The van der Waals surface area contributed by atoms with Crippen molar-refractivity contribution < 1.29 is 32.5 Å². The monoisotopic (exact) mass is 503 g/mol. The number of hydrogen-bond acceptors (Lipinski definition) is 5. The van der Waals surface area contributed by atoms with Crippen LogP contribution in [-0.4, -0.2) is 37.1 Å². The predicted octanol–water partition coefficient (Wildman–Crippen LogP) is 6.19. The van der Waals surface area contributed by atoms with Crippen molar-refractivity contribution in [2.24, 2.45) is 0 Å². The third-order valence-corrected chi connectivity index (χ3v) is 8.07. The maximum atomic E-state index is 13.9. The summed E-state index contributed by atoms with van der Waals surface area (Å²) in [6, 6.07) is 15.6. The number of aliphatic carboxylic acids is 1. The summed E-state index contributed by atoms with van der Waals surface area (Å²) in [6.07, 6.45) is -0.625. The average Bonchev–Trinajstić information content (AvgIpc) is 2.89. The van der Waals surface area contributed by atoms with E-state index in [1.165, 1.54) is 6.07 Å². The molecule has 9 heteroatoms. The number of para-hydroxylation sites is 1. The predicted molar refractivity (Wildman–Crippen MR) is 130 cm³/mol. The summed E-state index contributed by atoms with van der Waals surface area (Å²) in [5.74, 6) is -3.42. The number of aryl methyl sites for hydroxylation is 1. The van der Waals surface area contributed by atoms with E-state index in [1.54, 1.807) is 40.7 Å². The average molecular weight is 504 g/mol. The summed E-state index contributed by atoms with van der Waals surface area (Å²) in [4.78, 5) is 11.9. The first-order valence-corrected chi connectivity index (χ1v) is 12.6. The van der Waals surface area contributed by atoms with Crippen LogP contribution in [0.4, 0.5) is 8.78 Å². The molecule has 1 aliphatic heterocycles. The molecule has 2 atom stereocenters. The number of carboxylic acids is 1. The van der Waals surface area contributed by atoms with Gasteiger partial charge in [0.05, 0.1) is 13.0 Å². The number of benzene rings is 3. The fraction of sp³-hybridized carbons (Fsp3) is 0.269. The molecular weight excluding hydrogens is 476 g/mol. The van der Waals surface area contributed by atoms with Crippen molar-refractivity contribution in [3.05, 3.63) is 94.6 Å². The topological polar surface area (TPSA) is 90.2 Å². The lowest BCUT2D eigenvalue weighted by Crippen LogP contribution is -2.33. The first-order chi connectivity index (χ1) is 16.6. The maximum Gasteiger partial charge on any atom is 0.304 e. The quantitative estimate of drug-likeness (QED) is 0.372. The van der Waals surface area contributed by atoms with Crippen molar-refractivity contribution in [1.82, 2.24) is 4.31 Å². The molecule has 186 valence electrons. The summed E-state index contributed by atoms with van der Waals surface area (Å²) in [5.41, 5.74) is 2.58. The van der Waals surface area contributed by atoms with Crippen LogP contribution in [0.15, 0.2) is 65.6 Å². The smallest absolute Gasteiger partial charge is 0.304 e. The lowest BCUT2D eigenvalue weighted by molar-refractivity contribution is -0.137. The zero-order chi connectivity index (χ0) is 25.3. The second kappa shape index (κ2) is 9.94. The Labute approximate surface area is 204 Å². The third kappa shape index (κ3) is 5.33. The van der Waals surface area contributed by atoms with Crippen molar-refractivity contribution in [2.75, 3.05) is 6.54 Å². The van der Waals surface area contributed by atoms with Crippen LogP contribution in [0, 0.1) is 18.6 Å². The molecule has 1 aliphatic rings. The standard InChI is InChI=1S/C26H27F2NO5S/c1-16-7-8-18(21(13-26(30)31)19-9-10-22(27)23(28)12-19)11-20(16)15-29-14-17(2)34-24-5-3-4-6-25(24)35(29,32)33/h3-12,17,21,32-33H,13-15H2,1-2H3,(H,30,31)/t17-,21?/m1/s1. The Morgan fingerprint density at radius 3 is 2.49 bits per heavy atom. The van der Waals surface area contributed by atoms with Crippen LogP contribution in [0.5, 0.6) is 5.75 Å². The largest absolute Gasteiger partial charge is 0.487 e. The van der Waals surface area contributed by atoms with Gasteiger partial charge in [0, 0.05) is 12.5 Å². The Balaban J connectivity index is 1.71. The van der Waals surface area contributed by atoms with Gasteiger partial charge in [0.2, 0.25) is 0 Å². The van der Waals surface area contributed by atoms with Gasteiger partial charge in [-0.25, -0.2) is 8.78 Å². The van der Waals surface area contributed by atoms with Gasteiger partial charge in [0.25, 0.3) is 0 Å². The Morgan fingerprint density at radius 1 is 1.09 bits per heavy atom. The zero-order valence-electron chi connectivity index (χ0n) is 19.3. The molecule has 4 rings (SSSR count). The van der Waals surface area contributed by atoms with E-state index in [-0.39, 0.29) is 25.6 Å². The lowest BCUT2D eigenvalue weighted by atomic mass is 9.87. The van der Waals surface area contributed by atoms with Crippen LogP contribution in [0.2, 0.25) is 0 Å². The Hall–Kier alpha value is -2.98. The van der Waals surface area contributed by atoms with Crippen molar-refractivity contribution >= 4 is 16.7 Å². The third-order valence-electron chi connectivity index (χ3n) is 6.14. The number of nitrogens with zero attached hydrogens (tertiary/aromatic N) is 1. The molecule has 6 nitrogen and oxygen atoms in total. The zero-order valence-corrected chi connectivity index (χ0v) is 20.1. The van der Waals surface area contributed by atoms with Crippen molar-refractivity contribution in [3.63, 3.8) is 0 Å². The van der Waals surface area contributed by atoms with E-state index in [9.17, 15) is 27.8 Å². The lowest BCUT2D eigenvalue weighted by Gasteiger charge is -2.42. The second-order valence-corrected chi connectivity index (χ2v) is 10.7. The SMILES string of the molecule is Cc1ccc(C(CC(=O)O)c2ccc(F)c(F)c2)cc1CN1C[C@@H](C)Oc2ccccc2S1(O)O. The molecular formula is C26H27F2NO5S. The second-order valence-electron chi connectivity index (χ2n) is 8.73. The van der Waals surface area contributed by atoms with E-state index in [0.29, 0.717) is 21.8 Å². The minimum Gasteiger partial charge on any atom is -0.487 e. The van der Waals surface area contributed by atoms with Gasteiger partial charge in [0.15, 0.2) is 11.6 Å². The molecule has 3 N–H and O–H groups in total. The first-order valence-electron chi connectivity index (χ1n) is 11.1. The molecule has 0 saturated carbocycles. The fourth-order valence-corrected chi connectivity index (χ4v) is 5.97. The normalized spacial score (nSPS) is 19.2. The molecule has 1 unspecified atom stereocenters. The Kier molecular flexibility index (Phi) is 7.14. The molecule has 0 spiro atoms. The molecule has 0 radical (unpaired) electrons. The summed E-state index contributed by atoms with van der Waals surface area (Å²) in [7, 11) is -3.36. The van der Waals surface area contributed by atoms with Crippen LogP contribution in [0.25, 0.3) is 0 Å². The molecule has 3 aromatic carbocycles. The fourth-order valence-electron chi connectivity index (χ4n) is 4.31. The molecule has 0 amide bonds. The van der Waals surface area contributed by atoms with Crippen molar-refractivity contribution in [3.8, 4) is 5.75 Å². The van der Waals surface area contributed by atoms with Crippen LogP contribution in [0.1, 0.15) is 41.5 Å². The Bertz CT molecular complexity index is 1250. The van der Waals surface area contributed by atoms with Crippen LogP contribution in [0.3, 0.4) is 0 Å². The summed E-state index contributed by atoms with van der Waals surface area (Å²) in [5, 5.41) is 9.48. The highest BCUT2D eigenvalue weighted by Crippen LogP contribution is 2.57. The minimum absolute atomic E-state index is 0.168. The molecule has 0 aromatic heterocycles. The van der Waals surface area contributed by atoms with Crippen molar-refractivity contribution in [2.45, 2.75) is 43.7 Å². The number of carboxylic acid groups (broad SMARTS) is 1. The van der Waals surface area contributed by atoms with Gasteiger partial charge in [-0.1, -0.05) is 36.4 Å². The molecule has 1 heterocycles. The van der Waals surface area contributed by atoms with E-state index in [4.69, 9.17) is 4.74 Å². The van der Waals surface area contributed by atoms with E-state index in [1.807, 2.05) is 19.9 Å². The van der Waals surface area contributed by atoms with E-state index < -0.39 is 34.3 Å². The van der Waals surface area contributed by atoms with Gasteiger partial charge in [-0.15, -0.1) is 10.8 Å². The van der Waals surface area contributed by atoms with Gasteiger partial charge in [-0.05, 0) is 60.4 Å². The molecule has 0 aliphatic carbocycles. The number of ether oxygens (including phenoxy) is 1. The maximum absolute atomic E-state index is 13.9. The van der Waals surface area contributed by atoms with Gasteiger partial charge < -0.3 is 9.84 Å². The van der Waals surface area contributed by atoms with Gasteiger partial charge in [0.1, 0.15) is 16.7 Å². The van der Waals surface area contributed by atoms with Gasteiger partial charge >= 0.3 is 5.97 Å². The van der Waals surface area contributed by atoms with E-state index in [2.05, 4.69) is 0 Å². The number of rotatable bonds is 6. The van der Waals surface area contributed by atoms with Crippen molar-refractivity contribution in [1.29, 1.82) is 0 Å². The highest BCUT2D eigenvalue weighted by Gasteiger charge is 2.34. The molecule has 0 bridgehead atoms. The van der Waals surface area contributed by atoms with Crippen LogP contribution >= 0.6 is 10.8 Å². The summed E-state index contributed by atoms with van der Waals surface area (Å²) in [6.45, 7) is 4.14. The molecule has 0 fully saturated rings. The summed E-state index contributed by atoms with van der Waals surface area (Å²) >= 11 is 0. The van der Waals surface area contributed by atoms with Crippen LogP contribution < -0.4 is 4.74 Å². The number of carbonyl (C=O) groups is 1. The number of hydrogen-bond donors (Lipinski definition) is 3. The highest BCUT2D eigenvalue weighted by molar-refractivity contribution is 8.22. The summed E-state index contributed by atoms with van der Waals surface area (Å²) < 4.78 is 57.3. The van der Waals surface area contributed by atoms with E-state index >= 15 is 0 Å².